The molecule has 2 heterocycles. The van der Waals surface area contributed by atoms with E-state index in [1.807, 2.05) is 11.8 Å². The summed E-state index contributed by atoms with van der Waals surface area (Å²) in [5.41, 5.74) is -1.02. The van der Waals surface area contributed by atoms with E-state index in [9.17, 15) is 9.90 Å². The van der Waals surface area contributed by atoms with Gasteiger partial charge >= 0.3 is 0 Å². The van der Waals surface area contributed by atoms with Crippen molar-refractivity contribution >= 4 is 17.7 Å². The molecule has 2 fully saturated rings. The average molecular weight is 201 g/mol. The van der Waals surface area contributed by atoms with E-state index < -0.39 is 5.60 Å². The quantitative estimate of drug-likeness (QED) is 0.670. The van der Waals surface area contributed by atoms with E-state index in [1.165, 1.54) is 0 Å². The van der Waals surface area contributed by atoms with Crippen LogP contribution in [0.3, 0.4) is 0 Å². The molecule has 0 spiro atoms. The minimum atomic E-state index is -1.02. The minimum Gasteiger partial charge on any atom is -0.380 e. The van der Waals surface area contributed by atoms with Gasteiger partial charge < -0.3 is 10.0 Å². The highest BCUT2D eigenvalue weighted by molar-refractivity contribution is 7.99. The van der Waals surface area contributed by atoms with Crippen molar-refractivity contribution in [3.05, 3.63) is 0 Å². The van der Waals surface area contributed by atoms with Crippen LogP contribution in [0, 0.1) is 0 Å². The topological polar surface area (TPSA) is 40.5 Å². The molecule has 0 aromatic heterocycles. The van der Waals surface area contributed by atoms with Crippen LogP contribution in [0.4, 0.5) is 0 Å². The van der Waals surface area contributed by atoms with Crippen molar-refractivity contribution in [1.29, 1.82) is 0 Å². The van der Waals surface area contributed by atoms with Gasteiger partial charge in [0, 0.05) is 13.1 Å². The Morgan fingerprint density at radius 3 is 2.38 bits per heavy atom. The van der Waals surface area contributed by atoms with Crippen molar-refractivity contribution in [1.82, 2.24) is 4.90 Å². The highest BCUT2D eigenvalue weighted by Crippen LogP contribution is 2.29. The van der Waals surface area contributed by atoms with Gasteiger partial charge in [-0.25, -0.2) is 0 Å². The molecule has 13 heavy (non-hydrogen) atoms. The van der Waals surface area contributed by atoms with Gasteiger partial charge in [0.2, 0.25) is 0 Å². The van der Waals surface area contributed by atoms with Crippen LogP contribution >= 0.6 is 11.8 Å². The monoisotopic (exact) mass is 201 g/mol. The summed E-state index contributed by atoms with van der Waals surface area (Å²) in [4.78, 5) is 13.5. The lowest BCUT2D eigenvalue weighted by molar-refractivity contribution is -0.155. The minimum absolute atomic E-state index is 0.0287. The highest BCUT2D eigenvalue weighted by atomic mass is 32.2. The summed E-state index contributed by atoms with van der Waals surface area (Å²) in [5.74, 6) is 1.80. The number of likely N-dealkylation sites (tertiary alicyclic amines) is 1. The van der Waals surface area contributed by atoms with E-state index in [1.54, 1.807) is 4.90 Å². The van der Waals surface area contributed by atoms with Crippen molar-refractivity contribution in [2.24, 2.45) is 0 Å². The predicted molar refractivity (Wildman–Crippen MR) is 52.7 cm³/mol. The van der Waals surface area contributed by atoms with Crippen LogP contribution in [0.5, 0.6) is 0 Å². The predicted octanol–water partition coefficient (Wildman–Crippen LogP) is 0.477. The molecule has 2 aliphatic heterocycles. The second-order valence-corrected chi connectivity index (χ2v) is 5.01. The van der Waals surface area contributed by atoms with Gasteiger partial charge in [0.05, 0.1) is 0 Å². The Labute approximate surface area is 82.5 Å². The first-order valence-electron chi connectivity index (χ1n) is 4.82. The summed E-state index contributed by atoms with van der Waals surface area (Å²) >= 11 is 1.82. The fourth-order valence-corrected chi connectivity index (χ4v) is 2.90. The molecule has 1 N–H and O–H groups in total. The van der Waals surface area contributed by atoms with Crippen LogP contribution in [0.25, 0.3) is 0 Å². The number of amides is 1. The van der Waals surface area contributed by atoms with Gasteiger partial charge in [0.15, 0.2) is 0 Å². The van der Waals surface area contributed by atoms with Gasteiger partial charge in [-0.2, -0.15) is 11.8 Å². The normalized spacial score (nSPS) is 26.7. The molecule has 0 aromatic rings. The van der Waals surface area contributed by atoms with E-state index in [0.717, 1.165) is 31.0 Å². The van der Waals surface area contributed by atoms with Gasteiger partial charge in [-0.1, -0.05) is 0 Å². The molecule has 2 aliphatic rings. The molecule has 74 valence electrons. The van der Waals surface area contributed by atoms with E-state index in [0.29, 0.717) is 12.8 Å². The first kappa shape index (κ1) is 9.34. The summed E-state index contributed by atoms with van der Waals surface area (Å²) in [5, 5.41) is 10.1. The van der Waals surface area contributed by atoms with Crippen LogP contribution in [0.15, 0.2) is 0 Å². The molecule has 0 aliphatic carbocycles. The highest BCUT2D eigenvalue weighted by Gasteiger charge is 2.41. The van der Waals surface area contributed by atoms with Crippen LogP contribution in [-0.2, 0) is 4.79 Å². The number of hydrogen-bond donors (Lipinski definition) is 1. The van der Waals surface area contributed by atoms with Gasteiger partial charge in [-0.15, -0.1) is 0 Å². The summed E-state index contributed by atoms with van der Waals surface area (Å²) < 4.78 is 0. The summed E-state index contributed by atoms with van der Waals surface area (Å²) in [6.07, 6.45) is 2.36. The second-order valence-electron chi connectivity index (χ2n) is 3.79. The Kier molecular flexibility index (Phi) is 2.51. The van der Waals surface area contributed by atoms with Crippen molar-refractivity contribution in [3.63, 3.8) is 0 Å². The smallest absolute Gasteiger partial charge is 0.254 e. The van der Waals surface area contributed by atoms with E-state index >= 15 is 0 Å². The Morgan fingerprint density at radius 2 is 1.92 bits per heavy atom. The fraction of sp³-hybridized carbons (Fsp3) is 0.889. The maximum absolute atomic E-state index is 11.8. The maximum Gasteiger partial charge on any atom is 0.254 e. The molecule has 1 amide bonds. The summed E-state index contributed by atoms with van der Waals surface area (Å²) in [6.45, 7) is 1.68. The van der Waals surface area contributed by atoms with Crippen molar-refractivity contribution in [3.8, 4) is 0 Å². The lowest BCUT2D eigenvalue weighted by Gasteiger charge is -2.39. The third-order valence-corrected chi connectivity index (χ3v) is 3.85. The number of aliphatic hydroxyl groups is 1. The molecular formula is C9H15NO2S. The first-order valence-corrected chi connectivity index (χ1v) is 5.97. The van der Waals surface area contributed by atoms with Gasteiger partial charge in [-0.05, 0) is 30.8 Å². The second kappa shape index (κ2) is 3.50. The number of rotatable bonds is 1. The number of hydrogen-bond acceptors (Lipinski definition) is 3. The summed E-state index contributed by atoms with van der Waals surface area (Å²) in [7, 11) is 0. The number of thioether (sulfide) groups is 1. The lowest BCUT2D eigenvalue weighted by atomic mass is 9.93. The largest absolute Gasteiger partial charge is 0.380 e. The molecular weight excluding hydrogens is 186 g/mol. The molecule has 0 bridgehead atoms. The third kappa shape index (κ3) is 1.70. The molecule has 0 atom stereocenters. The van der Waals surface area contributed by atoms with E-state index in [2.05, 4.69) is 0 Å². The van der Waals surface area contributed by atoms with Gasteiger partial charge in [0.1, 0.15) is 5.60 Å². The van der Waals surface area contributed by atoms with Crippen molar-refractivity contribution in [2.75, 3.05) is 24.6 Å². The Hall–Kier alpha value is -0.220. The van der Waals surface area contributed by atoms with Crippen LogP contribution in [0.2, 0.25) is 0 Å². The SMILES string of the molecule is O=C(N1CCC1)C1(O)CCSCC1. The van der Waals surface area contributed by atoms with Crippen molar-refractivity contribution in [2.45, 2.75) is 24.9 Å². The fourth-order valence-electron chi connectivity index (χ4n) is 1.74. The Bertz CT molecular complexity index is 210. The van der Waals surface area contributed by atoms with Gasteiger partial charge in [-0.3, -0.25) is 4.79 Å². The molecule has 0 unspecified atom stereocenters. The zero-order chi connectivity index (χ0) is 9.31. The maximum atomic E-state index is 11.8. The van der Waals surface area contributed by atoms with Gasteiger partial charge in [0.25, 0.3) is 5.91 Å². The average Bonchev–Trinajstić information content (AvgIpc) is 2.02. The molecule has 3 nitrogen and oxygen atoms in total. The van der Waals surface area contributed by atoms with E-state index in [-0.39, 0.29) is 5.91 Å². The molecule has 0 radical (unpaired) electrons. The third-order valence-electron chi connectivity index (χ3n) is 2.86. The number of carbonyl (C=O) groups is 1. The van der Waals surface area contributed by atoms with E-state index in [4.69, 9.17) is 0 Å². The molecule has 2 saturated heterocycles. The number of carbonyl (C=O) groups excluding carboxylic acids is 1. The molecule has 0 saturated carbocycles. The number of nitrogens with zero attached hydrogens (tertiary/aromatic N) is 1. The zero-order valence-corrected chi connectivity index (χ0v) is 8.48. The first-order chi connectivity index (χ1) is 6.22. The standard InChI is InChI=1S/C9H15NO2S/c11-8(10-4-1-5-10)9(12)2-6-13-7-3-9/h12H,1-7H2. The lowest BCUT2D eigenvalue weighted by Crippen LogP contribution is -2.55. The van der Waals surface area contributed by atoms with Crippen LogP contribution < -0.4 is 0 Å². The summed E-state index contributed by atoms with van der Waals surface area (Å²) in [6, 6.07) is 0. The Morgan fingerprint density at radius 1 is 1.31 bits per heavy atom. The van der Waals surface area contributed by atoms with Crippen LogP contribution in [0.1, 0.15) is 19.3 Å². The zero-order valence-electron chi connectivity index (χ0n) is 7.66. The molecule has 2 rings (SSSR count). The molecule has 4 heteroatoms. The van der Waals surface area contributed by atoms with Crippen LogP contribution in [-0.4, -0.2) is 46.1 Å². The molecule has 0 aromatic carbocycles. The Balaban J connectivity index is 1.99. The van der Waals surface area contributed by atoms with Crippen molar-refractivity contribution < 1.29 is 9.90 Å².